The number of fused-ring (bicyclic) bond motifs is 1. The third kappa shape index (κ3) is 5.39. The van der Waals surface area contributed by atoms with Crippen LogP contribution in [-0.2, 0) is 10.0 Å². The SMILES string of the molecule is CCN(CC)c1ccc(S(=O)(=O)N(CC)CC)cc1NC(=O)c1cc(-c2cccs2)nc2ccccc12. The smallest absolute Gasteiger partial charge is 0.256 e. The molecule has 9 heteroatoms. The molecule has 37 heavy (non-hydrogen) atoms. The number of rotatable bonds is 10. The van der Waals surface area contributed by atoms with Gasteiger partial charge in [0.05, 0.1) is 37.9 Å². The topological polar surface area (TPSA) is 82.6 Å². The van der Waals surface area contributed by atoms with Gasteiger partial charge in [-0.3, -0.25) is 4.79 Å². The highest BCUT2D eigenvalue weighted by Gasteiger charge is 2.24. The maximum atomic E-state index is 13.8. The van der Waals surface area contributed by atoms with Gasteiger partial charge in [0.15, 0.2) is 0 Å². The molecule has 0 bridgehead atoms. The van der Waals surface area contributed by atoms with Crippen LogP contribution in [0.2, 0.25) is 0 Å². The number of hydrogen-bond acceptors (Lipinski definition) is 6. The minimum Gasteiger partial charge on any atom is -0.370 e. The van der Waals surface area contributed by atoms with Gasteiger partial charge < -0.3 is 10.2 Å². The van der Waals surface area contributed by atoms with Crippen molar-refractivity contribution in [2.45, 2.75) is 32.6 Å². The number of nitrogens with one attached hydrogen (secondary N) is 1. The van der Waals surface area contributed by atoms with Crippen LogP contribution in [0.3, 0.4) is 0 Å². The molecule has 0 radical (unpaired) electrons. The van der Waals surface area contributed by atoms with Gasteiger partial charge in [0.1, 0.15) is 0 Å². The largest absolute Gasteiger partial charge is 0.370 e. The minimum atomic E-state index is -3.70. The average molecular weight is 537 g/mol. The highest BCUT2D eigenvalue weighted by molar-refractivity contribution is 7.89. The molecule has 0 fully saturated rings. The molecule has 7 nitrogen and oxygen atoms in total. The van der Waals surface area contributed by atoms with Crippen LogP contribution < -0.4 is 10.2 Å². The van der Waals surface area contributed by atoms with Crippen molar-refractivity contribution in [1.29, 1.82) is 0 Å². The van der Waals surface area contributed by atoms with Crippen molar-refractivity contribution in [2.24, 2.45) is 0 Å². The summed E-state index contributed by atoms with van der Waals surface area (Å²) in [6, 6.07) is 18.2. The second kappa shape index (κ2) is 11.4. The van der Waals surface area contributed by atoms with Crippen molar-refractivity contribution < 1.29 is 13.2 Å². The van der Waals surface area contributed by atoms with Crippen molar-refractivity contribution in [2.75, 3.05) is 36.4 Å². The van der Waals surface area contributed by atoms with Crippen LogP contribution in [0.5, 0.6) is 0 Å². The maximum Gasteiger partial charge on any atom is 0.256 e. The molecule has 2 heterocycles. The summed E-state index contributed by atoms with van der Waals surface area (Å²) < 4.78 is 27.9. The molecule has 4 aromatic rings. The van der Waals surface area contributed by atoms with Gasteiger partial charge in [0.2, 0.25) is 10.0 Å². The molecule has 2 aromatic heterocycles. The zero-order valence-corrected chi connectivity index (χ0v) is 23.2. The Labute approximate surface area is 222 Å². The van der Waals surface area contributed by atoms with E-state index >= 15 is 0 Å². The van der Waals surface area contributed by atoms with Gasteiger partial charge in [0, 0.05) is 31.6 Å². The van der Waals surface area contributed by atoms with E-state index in [1.54, 1.807) is 35.6 Å². The van der Waals surface area contributed by atoms with Crippen molar-refractivity contribution in [3.05, 3.63) is 71.6 Å². The number of carbonyl (C=O) groups is 1. The Hall–Kier alpha value is -3.27. The average Bonchev–Trinajstić information content (AvgIpc) is 3.45. The van der Waals surface area contributed by atoms with Crippen molar-refractivity contribution >= 4 is 49.5 Å². The number of para-hydroxylation sites is 1. The molecule has 1 N–H and O–H groups in total. The molecule has 0 aliphatic heterocycles. The van der Waals surface area contributed by atoms with Crippen molar-refractivity contribution in [3.63, 3.8) is 0 Å². The summed E-state index contributed by atoms with van der Waals surface area (Å²) in [5, 5.41) is 5.75. The molecule has 0 aliphatic carbocycles. The van der Waals surface area contributed by atoms with Gasteiger partial charge in [-0.25, -0.2) is 13.4 Å². The summed E-state index contributed by atoms with van der Waals surface area (Å²) in [7, 11) is -3.70. The van der Waals surface area contributed by atoms with Crippen LogP contribution in [-0.4, -0.2) is 49.8 Å². The van der Waals surface area contributed by atoms with E-state index in [1.807, 2.05) is 69.5 Å². The Morgan fingerprint density at radius 3 is 2.30 bits per heavy atom. The molecule has 0 aliphatic rings. The lowest BCUT2D eigenvalue weighted by molar-refractivity contribution is 0.102. The number of benzene rings is 2. The van der Waals surface area contributed by atoms with Gasteiger partial charge in [-0.2, -0.15) is 4.31 Å². The lowest BCUT2D eigenvalue weighted by Crippen LogP contribution is -2.31. The molecule has 0 unspecified atom stereocenters. The van der Waals surface area contributed by atoms with Crippen LogP contribution in [0, 0.1) is 0 Å². The van der Waals surface area contributed by atoms with Crippen LogP contribution in [0.1, 0.15) is 38.1 Å². The fraction of sp³-hybridized carbons (Fsp3) is 0.286. The molecule has 1 amide bonds. The Balaban J connectivity index is 1.83. The Bertz CT molecular complexity index is 1490. The van der Waals surface area contributed by atoms with E-state index in [-0.39, 0.29) is 10.8 Å². The maximum absolute atomic E-state index is 13.8. The third-order valence-corrected chi connectivity index (χ3v) is 9.34. The lowest BCUT2D eigenvalue weighted by atomic mass is 10.1. The second-order valence-corrected chi connectivity index (χ2v) is 11.3. The fourth-order valence-electron chi connectivity index (χ4n) is 4.43. The minimum absolute atomic E-state index is 0.154. The van der Waals surface area contributed by atoms with Crippen LogP contribution in [0.15, 0.2) is 70.9 Å². The molecular formula is C28H32N4O3S2. The molecule has 4 rings (SSSR count). The summed E-state index contributed by atoms with van der Waals surface area (Å²) >= 11 is 1.56. The van der Waals surface area contributed by atoms with E-state index in [4.69, 9.17) is 4.98 Å². The zero-order chi connectivity index (χ0) is 26.6. The number of hydrogen-bond donors (Lipinski definition) is 1. The number of nitrogens with zero attached hydrogens (tertiary/aromatic N) is 3. The summed E-state index contributed by atoms with van der Waals surface area (Å²) in [6.45, 7) is 9.84. The molecule has 2 aromatic carbocycles. The number of anilines is 2. The lowest BCUT2D eigenvalue weighted by Gasteiger charge is -2.26. The molecule has 0 saturated heterocycles. The molecule has 0 spiro atoms. The summed E-state index contributed by atoms with van der Waals surface area (Å²) in [5.74, 6) is -0.317. The van der Waals surface area contributed by atoms with Crippen molar-refractivity contribution in [1.82, 2.24) is 9.29 Å². The quantitative estimate of drug-likeness (QED) is 0.265. The van der Waals surface area contributed by atoms with Crippen LogP contribution in [0.25, 0.3) is 21.5 Å². The van der Waals surface area contributed by atoms with E-state index in [0.29, 0.717) is 37.4 Å². The standard InChI is InChI=1S/C28H32N4O3S2/c1-5-31(6-2)26-16-15-20(37(34,35)32(7-3)8-4)18-24(26)30-28(33)22-19-25(27-14-11-17-36-27)29-23-13-10-9-12-21(22)23/h9-19H,5-8H2,1-4H3,(H,30,33). The van der Waals surface area contributed by atoms with Gasteiger partial charge in [0.25, 0.3) is 5.91 Å². The third-order valence-electron chi connectivity index (χ3n) is 6.40. The number of pyridine rings is 1. The second-order valence-electron chi connectivity index (χ2n) is 8.44. The van der Waals surface area contributed by atoms with Crippen LogP contribution >= 0.6 is 11.3 Å². The molecular weight excluding hydrogens is 504 g/mol. The van der Waals surface area contributed by atoms with E-state index in [2.05, 4.69) is 10.2 Å². The first-order valence-electron chi connectivity index (χ1n) is 12.5. The first-order valence-corrected chi connectivity index (χ1v) is 14.8. The summed E-state index contributed by atoms with van der Waals surface area (Å²) in [6.07, 6.45) is 0. The van der Waals surface area contributed by atoms with Crippen molar-refractivity contribution in [3.8, 4) is 10.6 Å². The monoisotopic (exact) mass is 536 g/mol. The first-order chi connectivity index (χ1) is 17.8. The fourth-order valence-corrected chi connectivity index (χ4v) is 6.60. The Morgan fingerprint density at radius 2 is 1.65 bits per heavy atom. The van der Waals surface area contributed by atoms with E-state index < -0.39 is 10.0 Å². The molecule has 0 saturated carbocycles. The van der Waals surface area contributed by atoms with Crippen LogP contribution in [0.4, 0.5) is 11.4 Å². The zero-order valence-electron chi connectivity index (χ0n) is 21.6. The highest BCUT2D eigenvalue weighted by atomic mass is 32.2. The predicted molar refractivity (Wildman–Crippen MR) is 153 cm³/mol. The number of aromatic nitrogens is 1. The van der Waals surface area contributed by atoms with Gasteiger partial charge in [-0.15, -0.1) is 11.3 Å². The highest BCUT2D eigenvalue weighted by Crippen LogP contribution is 2.32. The summed E-state index contributed by atoms with van der Waals surface area (Å²) in [5.41, 5.74) is 3.16. The Morgan fingerprint density at radius 1 is 0.919 bits per heavy atom. The number of amides is 1. The van der Waals surface area contributed by atoms with Gasteiger partial charge in [-0.05, 0) is 55.6 Å². The van der Waals surface area contributed by atoms with Gasteiger partial charge >= 0.3 is 0 Å². The van der Waals surface area contributed by atoms with Gasteiger partial charge in [-0.1, -0.05) is 38.1 Å². The van der Waals surface area contributed by atoms with E-state index in [9.17, 15) is 13.2 Å². The number of carbonyl (C=O) groups excluding carboxylic acids is 1. The van der Waals surface area contributed by atoms with E-state index in [0.717, 1.165) is 27.2 Å². The predicted octanol–water partition coefficient (Wildman–Crippen LogP) is 6.09. The van der Waals surface area contributed by atoms with E-state index in [1.165, 1.54) is 4.31 Å². The molecule has 194 valence electrons. The number of sulfonamides is 1. The Kier molecular flexibility index (Phi) is 8.26. The normalized spacial score (nSPS) is 11.7. The molecule has 0 atom stereocenters. The first kappa shape index (κ1) is 26.8. The number of thiophene rings is 1. The summed E-state index contributed by atoms with van der Waals surface area (Å²) in [4.78, 5) is 21.8.